The van der Waals surface area contributed by atoms with Gasteiger partial charge >= 0.3 is 0 Å². The number of hydrogen-bond acceptors (Lipinski definition) is 5. The highest BCUT2D eigenvalue weighted by Gasteiger charge is 2.09. The molecular formula is C18H14ClN3O3. The van der Waals surface area contributed by atoms with Gasteiger partial charge in [0.15, 0.2) is 11.5 Å². The van der Waals surface area contributed by atoms with Crippen molar-refractivity contribution in [2.24, 2.45) is 0 Å². The van der Waals surface area contributed by atoms with Crippen molar-refractivity contribution in [3.05, 3.63) is 71.6 Å². The quantitative estimate of drug-likeness (QED) is 0.743. The topological polar surface area (TPSA) is 73.3 Å². The van der Waals surface area contributed by atoms with Gasteiger partial charge in [-0.25, -0.2) is 9.97 Å². The molecule has 1 amide bonds. The Balaban J connectivity index is 1.68. The molecular weight excluding hydrogens is 342 g/mol. The second-order valence-electron chi connectivity index (χ2n) is 4.95. The fraction of sp³-hybridized carbons (Fsp3) is 0.0556. The van der Waals surface area contributed by atoms with Crippen LogP contribution < -0.4 is 14.8 Å². The minimum Gasteiger partial charge on any atom is -0.493 e. The zero-order chi connectivity index (χ0) is 17.6. The van der Waals surface area contributed by atoms with Crippen molar-refractivity contribution in [3.63, 3.8) is 0 Å². The average Bonchev–Trinajstić information content (AvgIpc) is 2.64. The minimum absolute atomic E-state index is 0.263. The van der Waals surface area contributed by atoms with Gasteiger partial charge in [0.25, 0.3) is 5.91 Å². The monoisotopic (exact) mass is 355 g/mol. The smallest absolute Gasteiger partial charge is 0.274 e. The van der Waals surface area contributed by atoms with E-state index in [1.165, 1.54) is 12.4 Å². The third-order valence-corrected chi connectivity index (χ3v) is 3.46. The number of nitrogens with one attached hydrogen (secondary N) is 1. The molecule has 3 rings (SSSR count). The lowest BCUT2D eigenvalue weighted by Crippen LogP contribution is -2.13. The zero-order valence-electron chi connectivity index (χ0n) is 13.3. The highest BCUT2D eigenvalue weighted by molar-refractivity contribution is 6.30. The van der Waals surface area contributed by atoms with E-state index in [0.717, 1.165) is 0 Å². The lowest BCUT2D eigenvalue weighted by Gasteiger charge is -2.09. The van der Waals surface area contributed by atoms with Crippen LogP contribution in [0.5, 0.6) is 17.4 Å². The van der Waals surface area contributed by atoms with Crippen molar-refractivity contribution in [3.8, 4) is 17.4 Å². The number of para-hydroxylation sites is 2. The molecule has 0 saturated heterocycles. The molecule has 1 aromatic carbocycles. The summed E-state index contributed by atoms with van der Waals surface area (Å²) in [5.74, 6) is 1.19. The van der Waals surface area contributed by atoms with Crippen molar-refractivity contribution in [2.45, 2.75) is 0 Å². The third kappa shape index (κ3) is 4.24. The molecule has 0 fully saturated rings. The number of rotatable bonds is 5. The molecule has 3 aromatic rings. The molecule has 25 heavy (non-hydrogen) atoms. The number of aromatic nitrogens is 2. The van der Waals surface area contributed by atoms with E-state index in [2.05, 4.69) is 15.3 Å². The summed E-state index contributed by atoms with van der Waals surface area (Å²) in [5, 5.41) is 3.17. The molecule has 0 aliphatic heterocycles. The standard InChI is InChI=1S/C18H14ClN3O3/c1-24-15-4-2-3-5-16(15)25-17-9-7-13(11-21-17)22-18(23)14-8-6-12(19)10-20-14/h2-11H,1H3,(H,22,23). The Morgan fingerprint density at radius 2 is 1.80 bits per heavy atom. The van der Waals surface area contributed by atoms with E-state index in [4.69, 9.17) is 21.1 Å². The summed E-state index contributed by atoms with van der Waals surface area (Å²) < 4.78 is 10.9. The van der Waals surface area contributed by atoms with E-state index in [0.29, 0.717) is 28.1 Å². The molecule has 0 aliphatic carbocycles. The highest BCUT2D eigenvalue weighted by atomic mass is 35.5. The van der Waals surface area contributed by atoms with Gasteiger partial charge in [0.2, 0.25) is 5.88 Å². The molecule has 0 unspecified atom stereocenters. The van der Waals surface area contributed by atoms with Crippen LogP contribution in [0.25, 0.3) is 0 Å². The van der Waals surface area contributed by atoms with Crippen molar-refractivity contribution >= 4 is 23.2 Å². The summed E-state index contributed by atoms with van der Waals surface area (Å²) >= 11 is 5.76. The number of hydrogen-bond donors (Lipinski definition) is 1. The molecule has 0 bridgehead atoms. The molecule has 6 nitrogen and oxygen atoms in total. The Morgan fingerprint density at radius 1 is 1.00 bits per heavy atom. The predicted octanol–water partition coefficient (Wildman–Crippen LogP) is 4.18. The number of nitrogens with zero attached hydrogens (tertiary/aromatic N) is 2. The summed E-state index contributed by atoms with van der Waals surface area (Å²) in [6.45, 7) is 0. The molecule has 2 heterocycles. The molecule has 7 heteroatoms. The molecule has 126 valence electrons. The summed E-state index contributed by atoms with van der Waals surface area (Å²) in [7, 11) is 1.57. The van der Waals surface area contributed by atoms with Gasteiger partial charge in [-0.15, -0.1) is 0 Å². The molecule has 0 saturated carbocycles. The lowest BCUT2D eigenvalue weighted by atomic mass is 10.3. The van der Waals surface area contributed by atoms with Crippen LogP contribution in [-0.2, 0) is 0 Å². The zero-order valence-corrected chi connectivity index (χ0v) is 14.0. The number of benzene rings is 1. The second-order valence-corrected chi connectivity index (χ2v) is 5.39. The second kappa shape index (κ2) is 7.63. The molecule has 0 aliphatic rings. The number of amides is 1. The Labute approximate surface area is 149 Å². The van der Waals surface area contributed by atoms with Crippen LogP contribution in [0.2, 0.25) is 5.02 Å². The molecule has 0 atom stereocenters. The minimum atomic E-state index is -0.350. The number of carbonyl (C=O) groups excluding carboxylic acids is 1. The average molecular weight is 356 g/mol. The maximum atomic E-state index is 12.1. The lowest BCUT2D eigenvalue weighted by molar-refractivity contribution is 0.102. The van der Waals surface area contributed by atoms with Crippen LogP contribution in [0.15, 0.2) is 60.9 Å². The van der Waals surface area contributed by atoms with Crippen LogP contribution in [-0.4, -0.2) is 23.0 Å². The van der Waals surface area contributed by atoms with Gasteiger partial charge in [0.05, 0.1) is 24.0 Å². The van der Waals surface area contributed by atoms with Gasteiger partial charge in [-0.05, 0) is 30.3 Å². The van der Waals surface area contributed by atoms with Crippen LogP contribution in [0.3, 0.4) is 0 Å². The predicted molar refractivity (Wildman–Crippen MR) is 94.5 cm³/mol. The Hall–Kier alpha value is -3.12. The SMILES string of the molecule is COc1ccccc1Oc1ccc(NC(=O)c2ccc(Cl)cn2)cn1. The van der Waals surface area contributed by atoms with Crippen molar-refractivity contribution in [1.29, 1.82) is 0 Å². The van der Waals surface area contributed by atoms with Crippen molar-refractivity contribution in [1.82, 2.24) is 9.97 Å². The summed E-state index contributed by atoms with van der Waals surface area (Å²) in [4.78, 5) is 20.2. The summed E-state index contributed by atoms with van der Waals surface area (Å²) in [6.07, 6.45) is 2.91. The van der Waals surface area contributed by atoms with E-state index in [-0.39, 0.29) is 11.6 Å². The third-order valence-electron chi connectivity index (χ3n) is 3.24. The molecule has 0 spiro atoms. The highest BCUT2D eigenvalue weighted by Crippen LogP contribution is 2.30. The van der Waals surface area contributed by atoms with E-state index in [1.54, 1.807) is 43.5 Å². The summed E-state index contributed by atoms with van der Waals surface area (Å²) in [5.41, 5.74) is 0.785. The first-order valence-electron chi connectivity index (χ1n) is 7.35. The van der Waals surface area contributed by atoms with Gasteiger partial charge in [-0.1, -0.05) is 23.7 Å². The van der Waals surface area contributed by atoms with Crippen molar-refractivity contribution in [2.75, 3.05) is 12.4 Å². The number of ether oxygens (including phenoxy) is 2. The van der Waals surface area contributed by atoms with Crippen LogP contribution >= 0.6 is 11.6 Å². The van der Waals surface area contributed by atoms with Crippen LogP contribution in [0.4, 0.5) is 5.69 Å². The van der Waals surface area contributed by atoms with Crippen LogP contribution in [0, 0.1) is 0 Å². The first kappa shape index (κ1) is 16.7. The molecule has 2 aromatic heterocycles. The number of carbonyl (C=O) groups is 1. The normalized spacial score (nSPS) is 10.2. The van der Waals surface area contributed by atoms with E-state index < -0.39 is 0 Å². The van der Waals surface area contributed by atoms with Gasteiger partial charge in [0.1, 0.15) is 5.69 Å². The first-order valence-corrected chi connectivity index (χ1v) is 7.73. The number of methoxy groups -OCH3 is 1. The Morgan fingerprint density at radius 3 is 2.44 bits per heavy atom. The van der Waals surface area contributed by atoms with Gasteiger partial charge in [0, 0.05) is 12.3 Å². The van der Waals surface area contributed by atoms with Crippen LogP contribution in [0.1, 0.15) is 10.5 Å². The summed E-state index contributed by atoms with van der Waals surface area (Å²) in [6, 6.07) is 13.7. The van der Waals surface area contributed by atoms with Gasteiger partial charge in [-0.3, -0.25) is 4.79 Å². The van der Waals surface area contributed by atoms with Gasteiger partial charge in [-0.2, -0.15) is 0 Å². The number of anilines is 1. The maximum Gasteiger partial charge on any atom is 0.274 e. The van der Waals surface area contributed by atoms with E-state index in [9.17, 15) is 4.79 Å². The Bertz CT molecular complexity index is 867. The maximum absolute atomic E-state index is 12.1. The fourth-order valence-electron chi connectivity index (χ4n) is 2.04. The van der Waals surface area contributed by atoms with Gasteiger partial charge < -0.3 is 14.8 Å². The fourth-order valence-corrected chi connectivity index (χ4v) is 2.15. The van der Waals surface area contributed by atoms with E-state index in [1.807, 2.05) is 12.1 Å². The largest absolute Gasteiger partial charge is 0.493 e. The van der Waals surface area contributed by atoms with Crippen molar-refractivity contribution < 1.29 is 14.3 Å². The Kier molecular flexibility index (Phi) is 5.11. The first-order chi connectivity index (χ1) is 12.2. The molecule has 1 N–H and O–H groups in total. The number of pyridine rings is 2. The van der Waals surface area contributed by atoms with E-state index >= 15 is 0 Å². The molecule has 0 radical (unpaired) electrons. The number of halogens is 1.